The number of nitro benzene ring substituents is 1. The van der Waals surface area contributed by atoms with E-state index >= 15 is 0 Å². The summed E-state index contributed by atoms with van der Waals surface area (Å²) in [6.45, 7) is 2.74. The molecule has 10 heteroatoms. The predicted octanol–water partition coefficient (Wildman–Crippen LogP) is 3.90. The molecule has 2 aromatic rings. The van der Waals surface area contributed by atoms with Gasteiger partial charge in [-0.2, -0.15) is 4.31 Å². The molecular formula is C22H26N4O5S. The molecule has 2 N–H and O–H groups in total. The van der Waals surface area contributed by atoms with Crippen LogP contribution in [0.25, 0.3) is 0 Å². The summed E-state index contributed by atoms with van der Waals surface area (Å²) in [6, 6.07) is 9.18. The number of sulfonamides is 1. The van der Waals surface area contributed by atoms with Crippen LogP contribution in [0.1, 0.15) is 48.0 Å². The lowest BCUT2D eigenvalue weighted by Crippen LogP contribution is -2.35. The fourth-order valence-corrected chi connectivity index (χ4v) is 5.28. The van der Waals surface area contributed by atoms with Crippen molar-refractivity contribution in [3.8, 4) is 0 Å². The van der Waals surface area contributed by atoms with Gasteiger partial charge in [-0.15, -0.1) is 0 Å². The third-order valence-corrected chi connectivity index (χ3v) is 7.70. The van der Waals surface area contributed by atoms with Crippen molar-refractivity contribution < 1.29 is 18.1 Å². The molecule has 1 heterocycles. The summed E-state index contributed by atoms with van der Waals surface area (Å²) < 4.78 is 27.5. The van der Waals surface area contributed by atoms with E-state index in [1.807, 2.05) is 0 Å². The van der Waals surface area contributed by atoms with Crippen molar-refractivity contribution in [2.75, 3.05) is 23.7 Å². The molecule has 1 amide bonds. The SMILES string of the molecule is Cc1ccc(S(=O)(=O)N2CCCCC2)cc1NC(=O)c1ccc(NC2CC2)c([N+](=O)[O-])c1. The van der Waals surface area contributed by atoms with E-state index in [1.165, 1.54) is 34.6 Å². The highest BCUT2D eigenvalue weighted by Gasteiger charge is 2.27. The minimum Gasteiger partial charge on any atom is -0.377 e. The van der Waals surface area contributed by atoms with Crippen LogP contribution in [-0.4, -0.2) is 42.7 Å². The maximum absolute atomic E-state index is 13.0. The minimum absolute atomic E-state index is 0.121. The molecule has 1 aliphatic carbocycles. The van der Waals surface area contributed by atoms with Gasteiger partial charge in [0, 0.05) is 36.4 Å². The van der Waals surface area contributed by atoms with Crippen LogP contribution in [0.15, 0.2) is 41.3 Å². The van der Waals surface area contributed by atoms with E-state index in [1.54, 1.807) is 13.0 Å². The zero-order valence-electron chi connectivity index (χ0n) is 17.8. The molecule has 0 unspecified atom stereocenters. The Bertz CT molecular complexity index is 1150. The molecule has 2 aromatic carbocycles. The van der Waals surface area contributed by atoms with E-state index in [9.17, 15) is 23.3 Å². The molecule has 2 aliphatic rings. The van der Waals surface area contributed by atoms with Crippen LogP contribution in [0.4, 0.5) is 17.1 Å². The maximum atomic E-state index is 13.0. The van der Waals surface area contributed by atoms with Crippen molar-refractivity contribution in [1.82, 2.24) is 4.31 Å². The smallest absolute Gasteiger partial charge is 0.293 e. The predicted molar refractivity (Wildman–Crippen MR) is 121 cm³/mol. The Hall–Kier alpha value is -2.98. The monoisotopic (exact) mass is 458 g/mol. The van der Waals surface area contributed by atoms with Crippen LogP contribution in [0.5, 0.6) is 0 Å². The highest BCUT2D eigenvalue weighted by Crippen LogP contribution is 2.32. The number of anilines is 2. The molecule has 4 rings (SSSR count). The highest BCUT2D eigenvalue weighted by molar-refractivity contribution is 7.89. The first kappa shape index (κ1) is 22.2. The summed E-state index contributed by atoms with van der Waals surface area (Å²) in [5.74, 6) is -0.540. The van der Waals surface area contributed by atoms with Crippen molar-refractivity contribution in [3.63, 3.8) is 0 Å². The number of carbonyl (C=O) groups is 1. The second-order valence-electron chi connectivity index (χ2n) is 8.30. The summed E-state index contributed by atoms with van der Waals surface area (Å²) >= 11 is 0. The molecule has 0 aromatic heterocycles. The van der Waals surface area contributed by atoms with Gasteiger partial charge in [-0.05, 0) is 62.4 Å². The third-order valence-electron chi connectivity index (χ3n) is 5.80. The Kier molecular flexibility index (Phi) is 6.16. The van der Waals surface area contributed by atoms with Gasteiger partial charge in [0.25, 0.3) is 11.6 Å². The lowest BCUT2D eigenvalue weighted by Gasteiger charge is -2.26. The van der Waals surface area contributed by atoms with E-state index in [2.05, 4.69) is 10.6 Å². The largest absolute Gasteiger partial charge is 0.377 e. The van der Waals surface area contributed by atoms with E-state index in [0.29, 0.717) is 30.0 Å². The van der Waals surface area contributed by atoms with E-state index in [4.69, 9.17) is 0 Å². The number of rotatable bonds is 7. The fraction of sp³-hybridized carbons (Fsp3) is 0.409. The van der Waals surface area contributed by atoms with Crippen molar-refractivity contribution in [2.24, 2.45) is 0 Å². The van der Waals surface area contributed by atoms with Crippen LogP contribution in [-0.2, 0) is 10.0 Å². The highest BCUT2D eigenvalue weighted by atomic mass is 32.2. The molecule has 0 bridgehead atoms. The number of benzene rings is 2. The van der Waals surface area contributed by atoms with Crippen molar-refractivity contribution in [1.29, 1.82) is 0 Å². The number of nitrogens with one attached hydrogen (secondary N) is 2. The lowest BCUT2D eigenvalue weighted by molar-refractivity contribution is -0.384. The van der Waals surface area contributed by atoms with Gasteiger partial charge in [0.1, 0.15) is 5.69 Å². The maximum Gasteiger partial charge on any atom is 0.293 e. The normalized spacial score (nSPS) is 17.0. The molecule has 0 radical (unpaired) electrons. The zero-order valence-corrected chi connectivity index (χ0v) is 18.7. The molecule has 0 spiro atoms. The van der Waals surface area contributed by atoms with Crippen LogP contribution >= 0.6 is 0 Å². The van der Waals surface area contributed by atoms with Crippen molar-refractivity contribution in [2.45, 2.75) is 50.0 Å². The van der Waals surface area contributed by atoms with E-state index < -0.39 is 20.9 Å². The first-order chi connectivity index (χ1) is 15.3. The number of amides is 1. The van der Waals surface area contributed by atoms with Crippen LogP contribution in [0.2, 0.25) is 0 Å². The van der Waals surface area contributed by atoms with Gasteiger partial charge in [0.2, 0.25) is 10.0 Å². The Morgan fingerprint density at radius 3 is 2.44 bits per heavy atom. The molecule has 170 valence electrons. The number of nitrogens with zero attached hydrogens (tertiary/aromatic N) is 2. The number of aryl methyl sites for hydroxylation is 1. The minimum atomic E-state index is -3.65. The molecule has 2 fully saturated rings. The van der Waals surface area contributed by atoms with Crippen LogP contribution < -0.4 is 10.6 Å². The Morgan fingerprint density at radius 2 is 1.78 bits per heavy atom. The molecule has 1 saturated heterocycles. The standard InChI is InChI=1S/C22H26N4O5S/c1-15-5-9-18(32(30,31)25-11-3-2-4-12-25)14-20(15)24-22(27)16-6-10-19(23-17-7-8-17)21(13-16)26(28)29/h5-6,9-10,13-14,17,23H,2-4,7-8,11-12H2,1H3,(H,24,27). The fourth-order valence-electron chi connectivity index (χ4n) is 3.74. The molecule has 32 heavy (non-hydrogen) atoms. The quantitative estimate of drug-likeness (QED) is 0.479. The van der Waals surface area contributed by atoms with Gasteiger partial charge in [-0.3, -0.25) is 14.9 Å². The van der Waals surface area contributed by atoms with Gasteiger partial charge in [-0.25, -0.2) is 8.42 Å². The average Bonchev–Trinajstić information content (AvgIpc) is 3.60. The topological polar surface area (TPSA) is 122 Å². The van der Waals surface area contributed by atoms with Gasteiger partial charge < -0.3 is 10.6 Å². The number of carbonyl (C=O) groups excluding carboxylic acids is 1. The summed E-state index contributed by atoms with van der Waals surface area (Å²) in [7, 11) is -3.65. The van der Waals surface area contributed by atoms with E-state index in [-0.39, 0.29) is 22.2 Å². The lowest BCUT2D eigenvalue weighted by atomic mass is 10.1. The van der Waals surface area contributed by atoms with Crippen LogP contribution in [0.3, 0.4) is 0 Å². The second kappa shape index (κ2) is 8.87. The Morgan fingerprint density at radius 1 is 1.06 bits per heavy atom. The first-order valence-electron chi connectivity index (χ1n) is 10.7. The first-order valence-corrected chi connectivity index (χ1v) is 12.2. The van der Waals surface area contributed by atoms with Crippen molar-refractivity contribution in [3.05, 3.63) is 57.6 Å². The number of nitro groups is 1. The molecule has 1 saturated carbocycles. The summed E-state index contributed by atoms with van der Waals surface area (Å²) in [5.41, 5.74) is 1.40. The number of piperidine rings is 1. The van der Waals surface area contributed by atoms with Crippen LogP contribution in [0, 0.1) is 17.0 Å². The summed E-state index contributed by atoms with van der Waals surface area (Å²) in [4.78, 5) is 23.9. The number of hydrogen-bond donors (Lipinski definition) is 2. The third kappa shape index (κ3) is 4.76. The molecule has 0 atom stereocenters. The van der Waals surface area contributed by atoms with Gasteiger partial charge in [0.15, 0.2) is 0 Å². The van der Waals surface area contributed by atoms with Gasteiger partial charge >= 0.3 is 0 Å². The summed E-state index contributed by atoms with van der Waals surface area (Å²) in [6.07, 6.45) is 4.62. The van der Waals surface area contributed by atoms with Gasteiger partial charge in [0.05, 0.1) is 9.82 Å². The average molecular weight is 459 g/mol. The Balaban J connectivity index is 1.57. The van der Waals surface area contributed by atoms with E-state index in [0.717, 1.165) is 32.1 Å². The second-order valence-corrected chi connectivity index (χ2v) is 10.2. The van der Waals surface area contributed by atoms with Crippen molar-refractivity contribution >= 4 is 33.0 Å². The molecule has 9 nitrogen and oxygen atoms in total. The molecular weight excluding hydrogens is 432 g/mol. The van der Waals surface area contributed by atoms with Gasteiger partial charge in [-0.1, -0.05) is 12.5 Å². The Labute approximate surface area is 187 Å². The molecule has 1 aliphatic heterocycles. The number of hydrogen-bond acceptors (Lipinski definition) is 6. The zero-order chi connectivity index (χ0) is 22.9. The summed E-state index contributed by atoms with van der Waals surface area (Å²) in [5, 5.41) is 17.3.